The van der Waals surface area contributed by atoms with Crippen LogP contribution >= 0.6 is 0 Å². The highest BCUT2D eigenvalue weighted by Crippen LogP contribution is 2.30. The van der Waals surface area contributed by atoms with Crippen molar-refractivity contribution in [3.8, 4) is 16.9 Å². The van der Waals surface area contributed by atoms with E-state index in [-0.39, 0.29) is 11.6 Å². The zero-order valence-corrected chi connectivity index (χ0v) is 20.3. The Labute approximate surface area is 207 Å². The lowest BCUT2D eigenvalue weighted by atomic mass is 9.97. The van der Waals surface area contributed by atoms with Crippen LogP contribution in [0.4, 0.5) is 4.39 Å². The van der Waals surface area contributed by atoms with E-state index in [1.165, 1.54) is 30.0 Å². The van der Waals surface area contributed by atoms with Crippen molar-refractivity contribution in [2.75, 3.05) is 7.11 Å². The van der Waals surface area contributed by atoms with E-state index in [1.807, 2.05) is 48.5 Å². The van der Waals surface area contributed by atoms with Gasteiger partial charge in [0.05, 0.1) is 7.11 Å². The maximum Gasteiger partial charge on any atom is 0.160 e. The van der Waals surface area contributed by atoms with E-state index in [4.69, 9.17) is 4.74 Å². The molecular formula is C32H31FO2. The molecule has 0 unspecified atom stereocenters. The quantitative estimate of drug-likeness (QED) is 0.272. The molecule has 2 nitrogen and oxygen atoms in total. The topological polar surface area (TPSA) is 26.3 Å². The molecule has 3 heteroatoms. The number of ether oxygens (including phenoxy) is 1. The van der Waals surface area contributed by atoms with Gasteiger partial charge in [0.1, 0.15) is 11.6 Å². The van der Waals surface area contributed by atoms with Gasteiger partial charge < -0.3 is 4.74 Å². The van der Waals surface area contributed by atoms with Crippen LogP contribution in [-0.4, -0.2) is 12.9 Å². The van der Waals surface area contributed by atoms with Gasteiger partial charge >= 0.3 is 0 Å². The first kappa shape index (κ1) is 24.4. The second-order valence-electron chi connectivity index (χ2n) is 9.05. The fourth-order valence-corrected chi connectivity index (χ4v) is 4.73. The van der Waals surface area contributed by atoms with E-state index < -0.39 is 0 Å². The predicted octanol–water partition coefficient (Wildman–Crippen LogP) is 7.74. The summed E-state index contributed by atoms with van der Waals surface area (Å²) in [6.07, 6.45) is 4.51. The molecule has 0 heterocycles. The molecule has 1 aliphatic carbocycles. The summed E-state index contributed by atoms with van der Waals surface area (Å²) in [6.45, 7) is 1.57. The second-order valence-corrected chi connectivity index (χ2v) is 9.05. The molecule has 0 atom stereocenters. The zero-order chi connectivity index (χ0) is 24.6. The number of Topliss-reactive ketones (excluding diaryl/α,β-unsaturated/α-hetero) is 1. The Morgan fingerprint density at radius 2 is 1.54 bits per heavy atom. The Balaban J connectivity index is 0.000000165. The Hall–Kier alpha value is -3.72. The first-order chi connectivity index (χ1) is 17.0. The van der Waals surface area contributed by atoms with Crippen molar-refractivity contribution < 1.29 is 13.9 Å². The van der Waals surface area contributed by atoms with Crippen molar-refractivity contribution in [2.24, 2.45) is 5.92 Å². The number of carbonyl (C=O) groups is 1. The van der Waals surface area contributed by atoms with Crippen LogP contribution in [0, 0.1) is 11.7 Å². The molecule has 0 saturated heterocycles. The van der Waals surface area contributed by atoms with Crippen LogP contribution in [0.15, 0.2) is 97.1 Å². The predicted molar refractivity (Wildman–Crippen MR) is 140 cm³/mol. The summed E-state index contributed by atoms with van der Waals surface area (Å²) in [5.41, 5.74) is 6.80. The average molecular weight is 467 g/mol. The zero-order valence-electron chi connectivity index (χ0n) is 20.3. The molecule has 35 heavy (non-hydrogen) atoms. The fourth-order valence-electron chi connectivity index (χ4n) is 4.73. The number of hydrogen-bond acceptors (Lipinski definition) is 2. The lowest BCUT2D eigenvalue weighted by molar-refractivity contribution is 0.101. The van der Waals surface area contributed by atoms with Gasteiger partial charge in [-0.05, 0) is 96.7 Å². The Morgan fingerprint density at radius 1 is 0.857 bits per heavy atom. The van der Waals surface area contributed by atoms with Gasteiger partial charge in [0.2, 0.25) is 0 Å². The van der Waals surface area contributed by atoms with Crippen LogP contribution in [0.5, 0.6) is 5.75 Å². The molecule has 0 spiro atoms. The molecule has 0 aromatic heterocycles. The van der Waals surface area contributed by atoms with Gasteiger partial charge in [-0.15, -0.1) is 0 Å². The third kappa shape index (κ3) is 6.45. The van der Waals surface area contributed by atoms with Crippen molar-refractivity contribution in [3.05, 3.63) is 125 Å². The lowest BCUT2D eigenvalue weighted by Crippen LogP contribution is -2.01. The van der Waals surface area contributed by atoms with Gasteiger partial charge in [0.25, 0.3) is 0 Å². The number of benzene rings is 4. The van der Waals surface area contributed by atoms with Crippen molar-refractivity contribution in [2.45, 2.75) is 32.6 Å². The van der Waals surface area contributed by atoms with E-state index in [9.17, 15) is 9.18 Å². The highest BCUT2D eigenvalue weighted by Gasteiger charge is 2.20. The van der Waals surface area contributed by atoms with E-state index in [1.54, 1.807) is 32.2 Å². The number of rotatable bonds is 6. The molecule has 0 aliphatic heterocycles. The second kappa shape index (κ2) is 11.6. The minimum Gasteiger partial charge on any atom is -0.497 e. The largest absolute Gasteiger partial charge is 0.497 e. The summed E-state index contributed by atoms with van der Waals surface area (Å²) < 4.78 is 18.2. The summed E-state index contributed by atoms with van der Waals surface area (Å²) in [5, 5.41) is 0. The number of aryl methyl sites for hydroxylation is 1. The van der Waals surface area contributed by atoms with Gasteiger partial charge in [-0.3, -0.25) is 4.79 Å². The van der Waals surface area contributed by atoms with Crippen molar-refractivity contribution in [3.63, 3.8) is 0 Å². The number of halogens is 1. The van der Waals surface area contributed by atoms with E-state index in [0.717, 1.165) is 35.4 Å². The third-order valence-corrected chi connectivity index (χ3v) is 6.56. The molecule has 5 rings (SSSR count). The summed E-state index contributed by atoms with van der Waals surface area (Å²) >= 11 is 0. The monoisotopic (exact) mass is 466 g/mol. The number of fused-ring (bicyclic) bond motifs is 1. The van der Waals surface area contributed by atoms with Crippen molar-refractivity contribution >= 4 is 5.78 Å². The Bertz CT molecular complexity index is 1250. The average Bonchev–Trinajstić information content (AvgIpc) is 3.31. The Kier molecular flexibility index (Phi) is 8.10. The van der Waals surface area contributed by atoms with Crippen LogP contribution < -0.4 is 4.74 Å². The summed E-state index contributed by atoms with van der Waals surface area (Å²) in [6, 6.07) is 31.1. The van der Waals surface area contributed by atoms with Gasteiger partial charge in [0.15, 0.2) is 5.78 Å². The first-order valence-electron chi connectivity index (χ1n) is 12.1. The molecule has 4 aromatic carbocycles. The van der Waals surface area contributed by atoms with E-state index in [2.05, 4.69) is 24.3 Å². The van der Waals surface area contributed by atoms with Crippen LogP contribution in [0.3, 0.4) is 0 Å². The maximum absolute atomic E-state index is 13.1. The molecule has 0 saturated carbocycles. The number of carbonyl (C=O) groups excluding carboxylic acids is 1. The SMILES string of the molecule is COc1ccc(-c2ccccc2)c(C(C)=O)c1.Fc1cccc(CCC2Cc3ccccc3C2)c1. The Morgan fingerprint density at radius 3 is 2.17 bits per heavy atom. The third-order valence-electron chi connectivity index (χ3n) is 6.56. The number of hydrogen-bond donors (Lipinski definition) is 0. The minimum atomic E-state index is -0.123. The lowest BCUT2D eigenvalue weighted by Gasteiger charge is -2.09. The summed E-state index contributed by atoms with van der Waals surface area (Å²) in [5.74, 6) is 1.35. The van der Waals surface area contributed by atoms with Crippen LogP contribution in [0.2, 0.25) is 0 Å². The van der Waals surface area contributed by atoms with Gasteiger partial charge in [-0.1, -0.05) is 66.7 Å². The molecule has 0 fully saturated rings. The van der Waals surface area contributed by atoms with E-state index in [0.29, 0.717) is 11.3 Å². The molecule has 0 N–H and O–H groups in total. The normalized spacial score (nSPS) is 12.4. The van der Waals surface area contributed by atoms with Crippen LogP contribution in [0.25, 0.3) is 11.1 Å². The molecule has 178 valence electrons. The maximum atomic E-state index is 13.1. The van der Waals surface area contributed by atoms with Gasteiger partial charge in [0, 0.05) is 5.56 Å². The van der Waals surface area contributed by atoms with Crippen LogP contribution in [-0.2, 0) is 19.3 Å². The van der Waals surface area contributed by atoms with Crippen molar-refractivity contribution in [1.82, 2.24) is 0 Å². The number of ketones is 1. The molecule has 1 aliphatic rings. The highest BCUT2D eigenvalue weighted by molar-refractivity contribution is 6.01. The van der Waals surface area contributed by atoms with Crippen molar-refractivity contribution in [1.29, 1.82) is 0 Å². The minimum absolute atomic E-state index is 0.0442. The molecule has 0 amide bonds. The molecular weight excluding hydrogens is 435 g/mol. The van der Waals surface area contributed by atoms with Gasteiger partial charge in [-0.2, -0.15) is 0 Å². The summed E-state index contributed by atoms with van der Waals surface area (Å²) in [4.78, 5) is 11.7. The highest BCUT2D eigenvalue weighted by atomic mass is 19.1. The first-order valence-corrected chi connectivity index (χ1v) is 12.1. The van der Waals surface area contributed by atoms with E-state index >= 15 is 0 Å². The number of methoxy groups -OCH3 is 1. The fraction of sp³-hybridized carbons (Fsp3) is 0.219. The molecule has 0 bridgehead atoms. The smallest absolute Gasteiger partial charge is 0.160 e. The van der Waals surface area contributed by atoms with Gasteiger partial charge in [-0.25, -0.2) is 4.39 Å². The molecule has 0 radical (unpaired) electrons. The van der Waals surface area contributed by atoms with Crippen LogP contribution in [0.1, 0.15) is 40.4 Å². The summed E-state index contributed by atoms with van der Waals surface area (Å²) in [7, 11) is 1.60. The molecule has 4 aromatic rings. The standard InChI is InChI=1S/C17H17F.C15H14O2/c18-17-7-3-4-13(12-17)8-9-14-10-15-5-1-2-6-16(15)11-14;1-11(16)15-10-13(17-2)8-9-14(15)12-6-4-3-5-7-12/h1-7,12,14H,8-11H2;3-10H,1-2H3.